The van der Waals surface area contributed by atoms with E-state index in [9.17, 15) is 26.8 Å². The van der Waals surface area contributed by atoms with Gasteiger partial charge in [-0.3, -0.25) is 4.55 Å². The van der Waals surface area contributed by atoms with Gasteiger partial charge in [0.25, 0.3) is 0 Å². The molecule has 0 aromatic carbocycles. The van der Waals surface area contributed by atoms with Crippen LogP contribution in [0.4, 0.5) is 8.78 Å². The Morgan fingerprint density at radius 1 is 1.38 bits per heavy atom. The van der Waals surface area contributed by atoms with Crippen molar-refractivity contribution in [2.45, 2.75) is 38.0 Å². The highest BCUT2D eigenvalue weighted by atomic mass is 32.2. The number of carbonyl (C=O) groups excluding carboxylic acids is 2. The van der Waals surface area contributed by atoms with Crippen molar-refractivity contribution < 1.29 is 40.8 Å². The maximum absolute atomic E-state index is 12.9. The topological polar surface area (TPSA) is 107 Å². The van der Waals surface area contributed by atoms with E-state index in [1.165, 1.54) is 6.92 Å². The van der Waals surface area contributed by atoms with Gasteiger partial charge in [-0.15, -0.1) is 0 Å². The molecule has 1 unspecified atom stereocenters. The molecule has 21 heavy (non-hydrogen) atoms. The highest BCUT2D eigenvalue weighted by Gasteiger charge is 2.46. The Balaban J connectivity index is 4.78. The van der Waals surface area contributed by atoms with E-state index in [-0.39, 0.29) is 12.0 Å². The molecule has 10 heteroatoms. The van der Waals surface area contributed by atoms with Gasteiger partial charge in [-0.25, -0.2) is 9.59 Å². The van der Waals surface area contributed by atoms with Crippen molar-refractivity contribution in [1.29, 1.82) is 0 Å². The van der Waals surface area contributed by atoms with E-state index in [0.29, 0.717) is 6.42 Å². The molecule has 0 amide bonds. The van der Waals surface area contributed by atoms with Crippen LogP contribution < -0.4 is 0 Å². The second-order valence-electron chi connectivity index (χ2n) is 4.18. The first-order chi connectivity index (χ1) is 9.42. The van der Waals surface area contributed by atoms with Crippen LogP contribution in [0.1, 0.15) is 26.7 Å². The fourth-order valence-corrected chi connectivity index (χ4v) is 1.25. The first-order valence-electron chi connectivity index (χ1n) is 5.80. The number of esters is 2. The highest BCUT2D eigenvalue weighted by Crippen LogP contribution is 2.21. The Morgan fingerprint density at radius 2 is 1.90 bits per heavy atom. The molecule has 0 aromatic heterocycles. The van der Waals surface area contributed by atoms with E-state index in [1.54, 1.807) is 6.92 Å². The predicted octanol–water partition coefficient (Wildman–Crippen LogP) is 1.30. The van der Waals surface area contributed by atoms with Crippen molar-refractivity contribution >= 4 is 22.1 Å². The van der Waals surface area contributed by atoms with Crippen LogP contribution in [-0.2, 0) is 29.2 Å². The lowest BCUT2D eigenvalue weighted by molar-refractivity contribution is -0.170. The highest BCUT2D eigenvalue weighted by molar-refractivity contribution is 7.86. The first kappa shape index (κ1) is 19.4. The zero-order chi connectivity index (χ0) is 16.8. The number of alkyl halides is 2. The predicted molar refractivity (Wildman–Crippen MR) is 67.1 cm³/mol. The van der Waals surface area contributed by atoms with Crippen molar-refractivity contribution in [3.8, 4) is 0 Å². The molecule has 0 radical (unpaired) electrons. The lowest BCUT2D eigenvalue weighted by Gasteiger charge is -2.18. The summed E-state index contributed by atoms with van der Waals surface area (Å²) in [5, 5.41) is -4.64. The van der Waals surface area contributed by atoms with Crippen molar-refractivity contribution in [2.24, 2.45) is 0 Å². The van der Waals surface area contributed by atoms with Gasteiger partial charge in [0.15, 0.2) is 12.7 Å². The number of rotatable bonds is 8. The molecule has 0 fully saturated rings. The molecule has 0 spiro atoms. The van der Waals surface area contributed by atoms with Crippen LogP contribution >= 0.6 is 0 Å². The minimum Gasteiger partial charge on any atom is -0.455 e. The second kappa shape index (κ2) is 7.46. The number of halogens is 2. The number of ether oxygens (including phenoxy) is 2. The fraction of sp³-hybridized carbons (Fsp3) is 0.636. The molecule has 0 aromatic rings. The molecule has 1 N–H and O–H groups in total. The summed E-state index contributed by atoms with van der Waals surface area (Å²) < 4.78 is 63.5. The third-order valence-corrected chi connectivity index (χ3v) is 3.04. The van der Waals surface area contributed by atoms with Gasteiger partial charge in [-0.2, -0.15) is 17.2 Å². The number of hydrogen-bond acceptors (Lipinski definition) is 6. The molecule has 122 valence electrons. The van der Waals surface area contributed by atoms with Crippen LogP contribution in [0.5, 0.6) is 0 Å². The third-order valence-electron chi connectivity index (χ3n) is 2.17. The Hall–Kier alpha value is -1.55. The Kier molecular flexibility index (Phi) is 6.91. The van der Waals surface area contributed by atoms with Crippen LogP contribution in [0.3, 0.4) is 0 Å². The zero-order valence-electron chi connectivity index (χ0n) is 11.5. The fourth-order valence-electron chi connectivity index (χ4n) is 1.04. The van der Waals surface area contributed by atoms with E-state index in [1.807, 2.05) is 0 Å². The molecule has 0 saturated heterocycles. The zero-order valence-corrected chi connectivity index (χ0v) is 12.3. The van der Waals surface area contributed by atoms with E-state index >= 15 is 0 Å². The average Bonchev–Trinajstić information content (AvgIpc) is 2.33. The van der Waals surface area contributed by atoms with Crippen LogP contribution in [0.15, 0.2) is 12.2 Å². The molecular formula is C11H16F2O7S. The summed E-state index contributed by atoms with van der Waals surface area (Å²) in [6.07, 6.45) is -1.09. The van der Waals surface area contributed by atoms with Gasteiger partial charge in [-0.1, -0.05) is 19.9 Å². The summed E-state index contributed by atoms with van der Waals surface area (Å²) in [7, 11) is -5.70. The summed E-state index contributed by atoms with van der Waals surface area (Å²) in [4.78, 5) is 22.8. The molecule has 0 saturated carbocycles. The van der Waals surface area contributed by atoms with Crippen molar-refractivity contribution in [3.05, 3.63) is 12.2 Å². The van der Waals surface area contributed by atoms with Crippen LogP contribution in [0.2, 0.25) is 0 Å². The number of hydrogen-bond donors (Lipinski definition) is 1. The standard InChI is InChI=1S/C11H16F2O7S/c1-4-5-8(20-9(14)7(2)3)10(15)19-6-11(12,13)21(16,17)18/h8H,2,4-6H2,1,3H3,(H,16,17,18). The SMILES string of the molecule is C=C(C)C(=O)OC(CCC)C(=O)OCC(F)(F)S(=O)(=O)O. The van der Waals surface area contributed by atoms with Gasteiger partial charge in [-0.05, 0) is 13.3 Å². The van der Waals surface area contributed by atoms with Gasteiger partial charge in [0, 0.05) is 5.57 Å². The monoisotopic (exact) mass is 330 g/mol. The maximum atomic E-state index is 12.9. The molecule has 0 heterocycles. The van der Waals surface area contributed by atoms with E-state index in [2.05, 4.69) is 11.3 Å². The summed E-state index contributed by atoms with van der Waals surface area (Å²) in [5.41, 5.74) is -0.00725. The smallest absolute Gasteiger partial charge is 0.402 e. The molecule has 0 rings (SSSR count). The van der Waals surface area contributed by atoms with Crippen LogP contribution in [0, 0.1) is 0 Å². The van der Waals surface area contributed by atoms with Crippen molar-refractivity contribution in [2.75, 3.05) is 6.61 Å². The largest absolute Gasteiger partial charge is 0.455 e. The minimum atomic E-state index is -5.70. The summed E-state index contributed by atoms with van der Waals surface area (Å²) in [6, 6.07) is 0. The quantitative estimate of drug-likeness (QED) is 0.406. The third kappa shape index (κ3) is 6.17. The molecule has 7 nitrogen and oxygen atoms in total. The number of carbonyl (C=O) groups is 2. The first-order valence-corrected chi connectivity index (χ1v) is 7.24. The van der Waals surface area contributed by atoms with Gasteiger partial charge in [0.1, 0.15) is 0 Å². The molecule has 0 aliphatic carbocycles. The Labute approximate surface area is 120 Å². The van der Waals surface area contributed by atoms with Crippen molar-refractivity contribution in [1.82, 2.24) is 0 Å². The minimum absolute atomic E-state index is 0.00466. The normalized spacial score (nSPS) is 13.4. The maximum Gasteiger partial charge on any atom is 0.402 e. The average molecular weight is 330 g/mol. The summed E-state index contributed by atoms with van der Waals surface area (Å²) in [5.74, 6) is -2.25. The van der Waals surface area contributed by atoms with Gasteiger partial charge >= 0.3 is 27.3 Å². The van der Waals surface area contributed by atoms with Crippen LogP contribution in [-0.4, -0.2) is 42.9 Å². The lowest BCUT2D eigenvalue weighted by Crippen LogP contribution is -2.37. The van der Waals surface area contributed by atoms with Gasteiger partial charge in [0.2, 0.25) is 0 Å². The molecule has 0 aliphatic heterocycles. The lowest BCUT2D eigenvalue weighted by atomic mass is 10.2. The Morgan fingerprint density at radius 3 is 2.29 bits per heavy atom. The second-order valence-corrected chi connectivity index (χ2v) is 5.73. The van der Waals surface area contributed by atoms with E-state index in [4.69, 9.17) is 9.29 Å². The summed E-state index contributed by atoms with van der Waals surface area (Å²) >= 11 is 0. The van der Waals surface area contributed by atoms with Crippen LogP contribution in [0.25, 0.3) is 0 Å². The van der Waals surface area contributed by atoms with Gasteiger partial charge < -0.3 is 9.47 Å². The van der Waals surface area contributed by atoms with E-state index < -0.39 is 40.0 Å². The molecular weight excluding hydrogens is 314 g/mol. The molecule has 0 bridgehead atoms. The Bertz CT molecular complexity index is 513. The molecule has 0 aliphatic rings. The summed E-state index contributed by atoms with van der Waals surface area (Å²) in [6.45, 7) is 4.37. The molecule has 1 atom stereocenters. The van der Waals surface area contributed by atoms with Gasteiger partial charge in [0.05, 0.1) is 0 Å². The van der Waals surface area contributed by atoms with E-state index in [0.717, 1.165) is 0 Å². The van der Waals surface area contributed by atoms with Crippen molar-refractivity contribution in [3.63, 3.8) is 0 Å².